The van der Waals surface area contributed by atoms with Gasteiger partial charge in [0.15, 0.2) is 5.82 Å². The van der Waals surface area contributed by atoms with Crippen LogP contribution >= 0.6 is 0 Å². The van der Waals surface area contributed by atoms with Crippen molar-refractivity contribution in [2.75, 3.05) is 4.90 Å². The Morgan fingerprint density at radius 2 is 1.11 bits per heavy atom. The van der Waals surface area contributed by atoms with E-state index in [0.717, 1.165) is 28.3 Å². The van der Waals surface area contributed by atoms with Crippen molar-refractivity contribution < 1.29 is 0 Å². The Morgan fingerprint density at radius 1 is 0.568 bits per heavy atom. The Kier molecular flexibility index (Phi) is 8.13. The fourth-order valence-electron chi connectivity index (χ4n) is 6.92. The van der Waals surface area contributed by atoms with E-state index in [4.69, 9.17) is 4.98 Å². The average Bonchev–Trinajstić information content (AvgIpc) is 3.01. The topological polar surface area (TPSA) is 29.0 Å². The molecule has 6 rings (SSSR count). The Labute approximate surface area is 261 Å². The predicted molar refractivity (Wildman–Crippen MR) is 184 cm³/mol. The van der Waals surface area contributed by atoms with Crippen molar-refractivity contribution in [3.8, 4) is 11.1 Å². The molecule has 0 amide bonds. The molecule has 0 saturated heterocycles. The van der Waals surface area contributed by atoms with Crippen molar-refractivity contribution in [3.05, 3.63) is 172 Å². The third-order valence-electron chi connectivity index (χ3n) is 8.55. The van der Waals surface area contributed by atoms with Gasteiger partial charge < -0.3 is 0 Å². The molecule has 0 aliphatic carbocycles. The normalized spacial score (nSPS) is 11.2. The highest BCUT2D eigenvalue weighted by Gasteiger charge is 2.25. The molecule has 0 radical (unpaired) electrons. The van der Waals surface area contributed by atoms with Gasteiger partial charge >= 0.3 is 0 Å². The second-order valence-corrected chi connectivity index (χ2v) is 11.9. The van der Waals surface area contributed by atoms with E-state index in [0.29, 0.717) is 0 Å². The second kappa shape index (κ2) is 12.3. The number of hydrogen-bond donors (Lipinski definition) is 0. The van der Waals surface area contributed by atoms with Gasteiger partial charge in [0.1, 0.15) is 0 Å². The van der Waals surface area contributed by atoms with Crippen LogP contribution in [-0.4, -0.2) is 9.97 Å². The largest absolute Gasteiger partial charge is 0.293 e. The van der Waals surface area contributed by atoms with Crippen molar-refractivity contribution >= 4 is 17.2 Å². The van der Waals surface area contributed by atoms with Gasteiger partial charge in [-0.2, -0.15) is 0 Å². The molecule has 0 fully saturated rings. The maximum atomic E-state index is 4.75. The summed E-state index contributed by atoms with van der Waals surface area (Å²) in [6.45, 7) is 13.4. The van der Waals surface area contributed by atoms with Gasteiger partial charge in [0.2, 0.25) is 0 Å². The maximum Gasteiger partial charge on any atom is 0.156 e. The molecule has 0 spiro atoms. The third-order valence-corrected chi connectivity index (χ3v) is 8.55. The van der Waals surface area contributed by atoms with Crippen LogP contribution in [0.2, 0.25) is 0 Å². The first-order valence-corrected chi connectivity index (χ1v) is 15.3. The smallest absolute Gasteiger partial charge is 0.156 e. The van der Waals surface area contributed by atoms with Crippen molar-refractivity contribution in [1.82, 2.24) is 9.97 Å². The van der Waals surface area contributed by atoms with E-state index >= 15 is 0 Å². The Balaban J connectivity index is 1.53. The van der Waals surface area contributed by atoms with Crippen molar-refractivity contribution in [2.45, 2.75) is 47.5 Å². The summed E-state index contributed by atoms with van der Waals surface area (Å²) in [4.78, 5) is 11.4. The first-order valence-electron chi connectivity index (χ1n) is 15.3. The van der Waals surface area contributed by atoms with Crippen LogP contribution in [0.5, 0.6) is 0 Å². The zero-order valence-corrected chi connectivity index (χ0v) is 26.5. The van der Waals surface area contributed by atoms with Gasteiger partial charge in [-0.3, -0.25) is 9.88 Å². The van der Waals surface area contributed by atoms with E-state index in [2.05, 4.69) is 155 Å². The predicted octanol–water partition coefficient (Wildman–Crippen LogP) is 10.6. The molecule has 0 unspecified atom stereocenters. The van der Waals surface area contributed by atoms with E-state index < -0.39 is 0 Å². The zero-order chi connectivity index (χ0) is 30.8. The van der Waals surface area contributed by atoms with Crippen LogP contribution < -0.4 is 4.90 Å². The number of hydrogen-bond acceptors (Lipinski definition) is 3. The molecule has 44 heavy (non-hydrogen) atoms. The second-order valence-electron chi connectivity index (χ2n) is 11.9. The molecule has 0 N–H and O–H groups in total. The van der Waals surface area contributed by atoms with Gasteiger partial charge in [-0.15, -0.1) is 0 Å². The van der Waals surface area contributed by atoms with Gasteiger partial charge in [0.05, 0.1) is 11.9 Å². The summed E-state index contributed by atoms with van der Waals surface area (Å²) in [5.74, 6) is 0.891. The van der Waals surface area contributed by atoms with Gasteiger partial charge in [-0.05, 0) is 104 Å². The SMILES string of the molecule is Cc1cc(C)c(C(c2ccc(N(c3cnccn3)c3ccccc3-c3ccccc3)cc2)c2c(C)cc(C)cc2C)c(C)c1. The lowest BCUT2D eigenvalue weighted by Crippen LogP contribution is -2.14. The first-order chi connectivity index (χ1) is 21.3. The van der Waals surface area contributed by atoms with Gasteiger partial charge in [-0.25, -0.2) is 4.98 Å². The highest BCUT2D eigenvalue weighted by molar-refractivity contribution is 5.87. The molecule has 218 valence electrons. The Bertz CT molecular complexity index is 1800. The van der Waals surface area contributed by atoms with Crippen LogP contribution in [0.1, 0.15) is 56.0 Å². The number of aryl methyl sites for hydroxylation is 6. The van der Waals surface area contributed by atoms with Crippen molar-refractivity contribution in [2.24, 2.45) is 0 Å². The summed E-state index contributed by atoms with van der Waals surface area (Å²) in [6.07, 6.45) is 5.30. The standard InChI is InChI=1S/C41H39N3/c1-27-22-29(3)39(30(4)23-27)41(40-31(5)24-28(2)25-32(40)6)34-16-18-35(19-17-34)44(38-26-42-20-21-43-38)37-15-11-10-14-36(37)33-12-8-7-9-13-33/h7-26,41H,1-6H3. The fraction of sp³-hybridized carbons (Fsp3) is 0.171. The number of benzene rings is 5. The lowest BCUT2D eigenvalue weighted by atomic mass is 9.77. The molecule has 1 aromatic heterocycles. The van der Waals surface area contributed by atoms with E-state index in [1.54, 1.807) is 12.4 Å². The lowest BCUT2D eigenvalue weighted by Gasteiger charge is -2.29. The van der Waals surface area contributed by atoms with E-state index in [1.807, 2.05) is 6.20 Å². The third kappa shape index (κ3) is 5.66. The summed E-state index contributed by atoms with van der Waals surface area (Å²) in [6, 6.07) is 37.4. The minimum Gasteiger partial charge on any atom is -0.293 e. The van der Waals surface area contributed by atoms with Crippen LogP contribution in [0, 0.1) is 41.5 Å². The Morgan fingerprint density at radius 3 is 1.66 bits per heavy atom. The quantitative estimate of drug-likeness (QED) is 0.178. The fourth-order valence-corrected chi connectivity index (χ4v) is 6.92. The highest BCUT2D eigenvalue weighted by Crippen LogP contribution is 2.43. The lowest BCUT2D eigenvalue weighted by molar-refractivity contribution is 0.919. The van der Waals surface area contributed by atoms with Crippen molar-refractivity contribution in [3.63, 3.8) is 0 Å². The number of rotatable bonds is 7. The molecule has 0 bridgehead atoms. The summed E-state index contributed by atoms with van der Waals surface area (Å²) in [5, 5.41) is 0. The zero-order valence-electron chi connectivity index (χ0n) is 26.5. The van der Waals surface area contributed by atoms with E-state index in [1.165, 1.54) is 50.1 Å². The molecular formula is C41H39N3. The van der Waals surface area contributed by atoms with Crippen molar-refractivity contribution in [1.29, 1.82) is 0 Å². The van der Waals surface area contributed by atoms with E-state index in [-0.39, 0.29) is 5.92 Å². The molecule has 0 aliphatic rings. The number of aromatic nitrogens is 2. The molecule has 0 atom stereocenters. The monoisotopic (exact) mass is 573 g/mol. The van der Waals surface area contributed by atoms with Crippen LogP contribution in [0.15, 0.2) is 122 Å². The van der Waals surface area contributed by atoms with Crippen LogP contribution in [0.4, 0.5) is 17.2 Å². The van der Waals surface area contributed by atoms with Crippen LogP contribution in [-0.2, 0) is 0 Å². The summed E-state index contributed by atoms with van der Waals surface area (Å²) in [7, 11) is 0. The van der Waals surface area contributed by atoms with Crippen LogP contribution in [0.3, 0.4) is 0 Å². The summed E-state index contributed by atoms with van der Waals surface area (Å²) in [5.41, 5.74) is 16.3. The molecule has 3 heteroatoms. The molecule has 6 aromatic rings. The van der Waals surface area contributed by atoms with Gasteiger partial charge in [0, 0.05) is 29.6 Å². The minimum absolute atomic E-state index is 0.117. The number of para-hydroxylation sites is 1. The molecule has 1 heterocycles. The molecule has 0 aliphatic heterocycles. The van der Waals surface area contributed by atoms with E-state index in [9.17, 15) is 0 Å². The molecular weight excluding hydrogens is 534 g/mol. The Hall–Kier alpha value is -5.02. The molecule has 5 aromatic carbocycles. The summed E-state index contributed by atoms with van der Waals surface area (Å²) >= 11 is 0. The average molecular weight is 574 g/mol. The number of anilines is 3. The van der Waals surface area contributed by atoms with Gasteiger partial charge in [0.25, 0.3) is 0 Å². The number of nitrogens with zero attached hydrogens (tertiary/aromatic N) is 3. The van der Waals surface area contributed by atoms with Crippen LogP contribution in [0.25, 0.3) is 11.1 Å². The first kappa shape index (κ1) is 29.1. The minimum atomic E-state index is 0.117. The molecule has 0 saturated carbocycles. The highest BCUT2D eigenvalue weighted by atomic mass is 15.2. The molecule has 3 nitrogen and oxygen atoms in total. The summed E-state index contributed by atoms with van der Waals surface area (Å²) < 4.78 is 0. The maximum absolute atomic E-state index is 4.75. The van der Waals surface area contributed by atoms with Gasteiger partial charge in [-0.1, -0.05) is 96.1 Å².